The van der Waals surface area contributed by atoms with Crippen molar-refractivity contribution in [1.29, 1.82) is 0 Å². The van der Waals surface area contributed by atoms with E-state index in [4.69, 9.17) is 4.74 Å². The van der Waals surface area contributed by atoms with Crippen molar-refractivity contribution in [3.8, 4) is 5.88 Å². The van der Waals surface area contributed by atoms with E-state index in [1.54, 1.807) is 0 Å². The molecule has 22 heavy (non-hydrogen) atoms. The Kier molecular flexibility index (Phi) is 4.34. The van der Waals surface area contributed by atoms with E-state index in [1.165, 1.54) is 0 Å². The minimum Gasteiger partial charge on any atom is -0.472 e. The highest BCUT2D eigenvalue weighted by Gasteiger charge is 2.27. The molecule has 0 N–H and O–H groups in total. The zero-order valence-electron chi connectivity index (χ0n) is 13.4. The van der Waals surface area contributed by atoms with E-state index in [2.05, 4.69) is 33.0 Å². The molecule has 0 amide bonds. The molecule has 5 heteroatoms. The molecule has 0 spiro atoms. The fourth-order valence-corrected chi connectivity index (χ4v) is 2.86. The smallest absolute Gasteiger partial charge is 0.220 e. The van der Waals surface area contributed by atoms with Gasteiger partial charge in [0.15, 0.2) is 0 Å². The summed E-state index contributed by atoms with van der Waals surface area (Å²) < 4.78 is 5.98. The first-order chi connectivity index (χ1) is 10.6. The first-order valence-corrected chi connectivity index (χ1v) is 7.71. The van der Waals surface area contributed by atoms with Gasteiger partial charge in [0, 0.05) is 49.1 Å². The number of hydrogen-bond donors (Lipinski definition) is 0. The highest BCUT2D eigenvalue weighted by molar-refractivity contribution is 5.34. The Morgan fingerprint density at radius 1 is 1.27 bits per heavy atom. The van der Waals surface area contributed by atoms with Gasteiger partial charge in [-0.1, -0.05) is 6.07 Å². The second-order valence-electron chi connectivity index (χ2n) is 5.92. The van der Waals surface area contributed by atoms with Gasteiger partial charge >= 0.3 is 0 Å². The van der Waals surface area contributed by atoms with Crippen LogP contribution in [0.2, 0.25) is 0 Å². The Hall–Kier alpha value is -2.01. The predicted octanol–water partition coefficient (Wildman–Crippen LogP) is 1.97. The standard InChI is InChI=1S/C17H22N4O/c1-12-16-10-15(22-17(16)20-13(2)19-12)11-21(3)9-7-14-6-4-5-8-18-14/h4-6,8,15H,7,9-11H2,1-3H3/t15-/m0/s1. The lowest BCUT2D eigenvalue weighted by molar-refractivity contribution is 0.165. The molecule has 0 fully saturated rings. The van der Waals surface area contributed by atoms with E-state index in [9.17, 15) is 0 Å². The molecule has 0 bridgehead atoms. The number of aryl methyl sites for hydroxylation is 2. The van der Waals surface area contributed by atoms with Crippen molar-refractivity contribution in [3.05, 3.63) is 47.2 Å². The average Bonchev–Trinajstić information content (AvgIpc) is 2.89. The zero-order valence-corrected chi connectivity index (χ0v) is 13.4. The van der Waals surface area contributed by atoms with Gasteiger partial charge in [0.25, 0.3) is 0 Å². The van der Waals surface area contributed by atoms with Crippen molar-refractivity contribution in [1.82, 2.24) is 19.9 Å². The Balaban J connectivity index is 1.53. The van der Waals surface area contributed by atoms with Crippen molar-refractivity contribution in [3.63, 3.8) is 0 Å². The van der Waals surface area contributed by atoms with Gasteiger partial charge in [-0.2, -0.15) is 4.98 Å². The second kappa shape index (κ2) is 6.40. The first kappa shape index (κ1) is 14.9. The second-order valence-corrected chi connectivity index (χ2v) is 5.92. The lowest BCUT2D eigenvalue weighted by Gasteiger charge is -2.20. The topological polar surface area (TPSA) is 51.1 Å². The minimum absolute atomic E-state index is 0.165. The highest BCUT2D eigenvalue weighted by atomic mass is 16.5. The van der Waals surface area contributed by atoms with E-state index in [1.807, 2.05) is 32.2 Å². The Labute approximate surface area is 131 Å². The van der Waals surface area contributed by atoms with Crippen LogP contribution < -0.4 is 4.74 Å². The largest absolute Gasteiger partial charge is 0.472 e. The number of rotatable bonds is 5. The molecule has 1 aliphatic heterocycles. The summed E-state index contributed by atoms with van der Waals surface area (Å²) in [6.07, 6.45) is 3.86. The van der Waals surface area contributed by atoms with Crippen LogP contribution in [0.3, 0.4) is 0 Å². The SMILES string of the molecule is Cc1nc(C)c2c(n1)O[C@H](CN(C)CCc1ccccn1)C2. The molecule has 0 unspecified atom stereocenters. The molecule has 0 saturated heterocycles. The van der Waals surface area contributed by atoms with Crippen LogP contribution in [-0.4, -0.2) is 46.1 Å². The molecule has 0 aromatic carbocycles. The quantitative estimate of drug-likeness (QED) is 0.844. The predicted molar refractivity (Wildman–Crippen MR) is 85.1 cm³/mol. The Bertz CT molecular complexity index is 645. The molecule has 1 aliphatic rings. The average molecular weight is 298 g/mol. The molecule has 3 heterocycles. The molecule has 2 aromatic heterocycles. The molecule has 3 rings (SSSR count). The van der Waals surface area contributed by atoms with Crippen LogP contribution in [0.1, 0.15) is 22.8 Å². The van der Waals surface area contributed by atoms with Crippen LogP contribution in [0.4, 0.5) is 0 Å². The van der Waals surface area contributed by atoms with Gasteiger partial charge in [-0.05, 0) is 33.0 Å². The van der Waals surface area contributed by atoms with Crippen LogP contribution in [-0.2, 0) is 12.8 Å². The number of likely N-dealkylation sites (N-methyl/N-ethyl adjacent to an activating group) is 1. The third kappa shape index (κ3) is 3.42. The van der Waals surface area contributed by atoms with Crippen molar-refractivity contribution < 1.29 is 4.74 Å². The molecule has 0 radical (unpaired) electrons. The third-order valence-electron chi connectivity index (χ3n) is 3.99. The van der Waals surface area contributed by atoms with Crippen LogP contribution in [0, 0.1) is 13.8 Å². The number of aromatic nitrogens is 3. The van der Waals surface area contributed by atoms with Crippen molar-refractivity contribution >= 4 is 0 Å². The van der Waals surface area contributed by atoms with E-state index >= 15 is 0 Å². The van der Waals surface area contributed by atoms with E-state index in [0.29, 0.717) is 0 Å². The fourth-order valence-electron chi connectivity index (χ4n) is 2.86. The third-order valence-corrected chi connectivity index (χ3v) is 3.99. The summed E-state index contributed by atoms with van der Waals surface area (Å²) in [5.41, 5.74) is 3.33. The number of fused-ring (bicyclic) bond motifs is 1. The van der Waals surface area contributed by atoms with E-state index < -0.39 is 0 Å². The normalized spacial score (nSPS) is 16.6. The summed E-state index contributed by atoms with van der Waals surface area (Å²) in [5, 5.41) is 0. The lowest BCUT2D eigenvalue weighted by atomic mass is 10.1. The van der Waals surface area contributed by atoms with Gasteiger partial charge < -0.3 is 9.64 Å². The number of hydrogen-bond acceptors (Lipinski definition) is 5. The molecule has 2 aromatic rings. The summed E-state index contributed by atoms with van der Waals surface area (Å²) in [6.45, 7) is 5.80. The van der Waals surface area contributed by atoms with Gasteiger partial charge in [0.2, 0.25) is 5.88 Å². The van der Waals surface area contributed by atoms with E-state index in [-0.39, 0.29) is 6.10 Å². The number of pyridine rings is 1. The number of ether oxygens (including phenoxy) is 1. The molecule has 1 atom stereocenters. The molecular weight excluding hydrogens is 276 g/mol. The van der Waals surface area contributed by atoms with Gasteiger partial charge in [-0.25, -0.2) is 4.98 Å². The Morgan fingerprint density at radius 3 is 2.91 bits per heavy atom. The van der Waals surface area contributed by atoms with Gasteiger partial charge in [-0.3, -0.25) is 4.98 Å². The Morgan fingerprint density at radius 2 is 2.14 bits per heavy atom. The van der Waals surface area contributed by atoms with E-state index in [0.717, 1.165) is 54.6 Å². The maximum atomic E-state index is 5.98. The summed E-state index contributed by atoms with van der Waals surface area (Å²) >= 11 is 0. The fraction of sp³-hybridized carbons (Fsp3) is 0.471. The monoisotopic (exact) mass is 298 g/mol. The molecule has 116 valence electrons. The van der Waals surface area contributed by atoms with Gasteiger partial charge in [-0.15, -0.1) is 0 Å². The van der Waals surface area contributed by atoms with Gasteiger partial charge in [0.1, 0.15) is 11.9 Å². The minimum atomic E-state index is 0.165. The summed E-state index contributed by atoms with van der Waals surface area (Å²) in [5.74, 6) is 1.55. The van der Waals surface area contributed by atoms with Crippen LogP contribution in [0.5, 0.6) is 5.88 Å². The van der Waals surface area contributed by atoms with Crippen LogP contribution in [0.25, 0.3) is 0 Å². The summed E-state index contributed by atoms with van der Waals surface area (Å²) in [4.78, 5) is 15.5. The van der Waals surface area contributed by atoms with Crippen LogP contribution in [0.15, 0.2) is 24.4 Å². The zero-order chi connectivity index (χ0) is 15.5. The summed E-state index contributed by atoms with van der Waals surface area (Å²) in [7, 11) is 2.12. The molecular formula is C17H22N4O. The highest BCUT2D eigenvalue weighted by Crippen LogP contribution is 2.28. The van der Waals surface area contributed by atoms with Crippen molar-refractivity contribution in [2.45, 2.75) is 32.8 Å². The molecule has 0 aliphatic carbocycles. The lowest BCUT2D eigenvalue weighted by Crippen LogP contribution is -2.33. The molecule has 5 nitrogen and oxygen atoms in total. The first-order valence-electron chi connectivity index (χ1n) is 7.71. The number of nitrogens with zero attached hydrogens (tertiary/aromatic N) is 4. The maximum absolute atomic E-state index is 5.98. The van der Waals surface area contributed by atoms with Crippen molar-refractivity contribution in [2.24, 2.45) is 0 Å². The maximum Gasteiger partial charge on any atom is 0.220 e. The summed E-state index contributed by atoms with van der Waals surface area (Å²) in [6, 6.07) is 6.04. The van der Waals surface area contributed by atoms with Crippen LogP contribution >= 0.6 is 0 Å². The van der Waals surface area contributed by atoms with Gasteiger partial charge in [0.05, 0.1) is 0 Å². The van der Waals surface area contributed by atoms with Crippen molar-refractivity contribution in [2.75, 3.05) is 20.1 Å². The molecule has 0 saturated carbocycles.